The topological polar surface area (TPSA) is 77.0 Å². The molecule has 0 spiro atoms. The number of anilines is 1. The molecule has 0 saturated heterocycles. The van der Waals surface area contributed by atoms with Crippen molar-refractivity contribution in [3.63, 3.8) is 0 Å². The second-order valence-corrected chi connectivity index (χ2v) is 7.06. The number of methoxy groups -OCH3 is 1. The molecule has 3 heterocycles. The zero-order valence-corrected chi connectivity index (χ0v) is 16.7. The number of nitrogens with zero attached hydrogens (tertiary/aromatic N) is 3. The van der Waals surface area contributed by atoms with Crippen LogP contribution in [-0.4, -0.2) is 28.0 Å². The molecule has 0 radical (unpaired) electrons. The first kappa shape index (κ1) is 20.5. The van der Waals surface area contributed by atoms with Crippen molar-refractivity contribution < 1.29 is 22.7 Å². The van der Waals surface area contributed by atoms with E-state index in [1.165, 1.54) is 25.4 Å². The van der Waals surface area contributed by atoms with Crippen molar-refractivity contribution in [3.05, 3.63) is 77.1 Å². The van der Waals surface area contributed by atoms with Crippen molar-refractivity contribution >= 4 is 22.4 Å². The van der Waals surface area contributed by atoms with Gasteiger partial charge in [-0.2, -0.15) is 0 Å². The van der Waals surface area contributed by atoms with E-state index in [1.54, 1.807) is 23.6 Å². The zero-order chi connectivity index (χ0) is 22.0. The Hall–Kier alpha value is -3.79. The van der Waals surface area contributed by atoms with Crippen LogP contribution in [0.2, 0.25) is 0 Å². The molecule has 1 N–H and O–H groups in total. The zero-order valence-electron chi connectivity index (χ0n) is 15.9. The van der Waals surface area contributed by atoms with E-state index < -0.39 is 28.9 Å². The van der Waals surface area contributed by atoms with Crippen molar-refractivity contribution in [1.82, 2.24) is 15.0 Å². The Balaban J connectivity index is 1.63. The molecule has 0 saturated carbocycles. The first-order valence-electron chi connectivity index (χ1n) is 8.84. The van der Waals surface area contributed by atoms with Gasteiger partial charge in [0.1, 0.15) is 23.1 Å². The van der Waals surface area contributed by atoms with Crippen LogP contribution in [0.3, 0.4) is 0 Å². The van der Waals surface area contributed by atoms with Crippen LogP contribution in [0.4, 0.5) is 18.3 Å². The van der Waals surface area contributed by atoms with Crippen LogP contribution in [0, 0.1) is 17.5 Å². The Morgan fingerprint density at radius 3 is 2.55 bits per heavy atom. The van der Waals surface area contributed by atoms with Gasteiger partial charge in [-0.3, -0.25) is 15.1 Å². The Morgan fingerprint density at radius 1 is 1.03 bits per heavy atom. The number of hydrogen-bond acceptors (Lipinski definition) is 6. The molecule has 1 aromatic carbocycles. The summed E-state index contributed by atoms with van der Waals surface area (Å²) in [5, 5.41) is 4.53. The van der Waals surface area contributed by atoms with Gasteiger partial charge < -0.3 is 4.74 Å². The third-order valence-corrected chi connectivity index (χ3v) is 4.97. The van der Waals surface area contributed by atoms with Crippen molar-refractivity contribution in [2.45, 2.75) is 0 Å². The number of pyridine rings is 2. The molecule has 6 nitrogen and oxygen atoms in total. The molecule has 0 unspecified atom stereocenters. The molecular weight excluding hydrogens is 429 g/mol. The molecule has 3 aromatic heterocycles. The van der Waals surface area contributed by atoms with E-state index in [1.807, 2.05) is 0 Å². The van der Waals surface area contributed by atoms with Gasteiger partial charge in [0, 0.05) is 29.8 Å². The number of halogens is 3. The Labute approximate surface area is 178 Å². The number of aromatic nitrogens is 3. The summed E-state index contributed by atoms with van der Waals surface area (Å²) in [7, 11) is 1.50. The lowest BCUT2D eigenvalue weighted by molar-refractivity contribution is 0.102. The van der Waals surface area contributed by atoms with Crippen LogP contribution in [0.15, 0.2) is 54.0 Å². The Bertz CT molecular complexity index is 1260. The highest BCUT2D eigenvalue weighted by molar-refractivity contribution is 7.14. The maximum absolute atomic E-state index is 14.2. The maximum atomic E-state index is 14.2. The van der Waals surface area contributed by atoms with Crippen LogP contribution in [-0.2, 0) is 0 Å². The lowest BCUT2D eigenvalue weighted by Gasteiger charge is -2.10. The van der Waals surface area contributed by atoms with Crippen LogP contribution in [0.5, 0.6) is 5.88 Å². The molecule has 0 fully saturated rings. The Kier molecular flexibility index (Phi) is 5.63. The lowest BCUT2D eigenvalue weighted by Crippen LogP contribution is -2.14. The molecule has 10 heteroatoms. The summed E-state index contributed by atoms with van der Waals surface area (Å²) in [5.74, 6) is -3.65. The molecule has 0 aliphatic rings. The standard InChI is InChI=1S/C21H13F3N4O2S/c1-30-17-6-2-5-15(26-17)16-10-31-21(27-16)28-20(29)12-4-3-7-25-19(12)18-13(23)8-11(22)9-14(18)24/h2-10H,1H3,(H,27,28,29). The average Bonchev–Trinajstić information content (AvgIpc) is 3.22. The van der Waals surface area contributed by atoms with Crippen molar-refractivity contribution in [3.8, 4) is 28.5 Å². The summed E-state index contributed by atoms with van der Waals surface area (Å²) in [6.45, 7) is 0. The van der Waals surface area contributed by atoms with Gasteiger partial charge in [0.25, 0.3) is 5.91 Å². The minimum atomic E-state index is -1.16. The van der Waals surface area contributed by atoms with Crippen LogP contribution >= 0.6 is 11.3 Å². The number of rotatable bonds is 5. The number of thiazole rings is 1. The highest BCUT2D eigenvalue weighted by Gasteiger charge is 2.22. The average molecular weight is 442 g/mol. The minimum Gasteiger partial charge on any atom is -0.481 e. The number of amides is 1. The first-order valence-corrected chi connectivity index (χ1v) is 9.72. The molecule has 0 bridgehead atoms. The summed E-state index contributed by atoms with van der Waals surface area (Å²) in [6.07, 6.45) is 1.28. The molecule has 4 aromatic rings. The highest BCUT2D eigenvalue weighted by Crippen LogP contribution is 2.30. The number of carbonyl (C=O) groups excluding carboxylic acids is 1. The van der Waals surface area contributed by atoms with E-state index in [-0.39, 0.29) is 16.4 Å². The second kappa shape index (κ2) is 8.52. The predicted octanol–water partition coefficient (Wildman–Crippen LogP) is 4.95. The van der Waals surface area contributed by atoms with Gasteiger partial charge in [0.05, 0.1) is 29.6 Å². The number of nitrogens with one attached hydrogen (secondary N) is 1. The van der Waals surface area contributed by atoms with Crippen LogP contribution in [0.1, 0.15) is 10.4 Å². The smallest absolute Gasteiger partial charge is 0.259 e. The van der Waals surface area contributed by atoms with Crippen LogP contribution in [0.25, 0.3) is 22.6 Å². The highest BCUT2D eigenvalue weighted by atomic mass is 32.1. The summed E-state index contributed by atoms with van der Waals surface area (Å²) in [6, 6.07) is 9.06. The largest absolute Gasteiger partial charge is 0.481 e. The molecule has 31 heavy (non-hydrogen) atoms. The first-order chi connectivity index (χ1) is 15.0. The Morgan fingerprint density at radius 2 is 1.81 bits per heavy atom. The normalized spacial score (nSPS) is 10.7. The summed E-state index contributed by atoms with van der Waals surface area (Å²) >= 11 is 1.15. The van der Waals surface area contributed by atoms with Crippen molar-refractivity contribution in [2.24, 2.45) is 0 Å². The number of benzene rings is 1. The predicted molar refractivity (Wildman–Crippen MR) is 109 cm³/mol. The fourth-order valence-corrected chi connectivity index (χ4v) is 3.54. The van der Waals surface area contributed by atoms with E-state index >= 15 is 0 Å². The van der Waals surface area contributed by atoms with Gasteiger partial charge in [0.15, 0.2) is 5.13 Å². The van der Waals surface area contributed by atoms with Gasteiger partial charge >= 0.3 is 0 Å². The molecule has 4 rings (SSSR count). The van der Waals surface area contributed by atoms with E-state index in [2.05, 4.69) is 20.3 Å². The molecular formula is C21H13F3N4O2S. The quantitative estimate of drug-likeness (QED) is 0.474. The van der Waals surface area contributed by atoms with Gasteiger partial charge in [-0.05, 0) is 18.2 Å². The summed E-state index contributed by atoms with van der Waals surface area (Å²) < 4.78 is 46.8. The maximum Gasteiger partial charge on any atom is 0.259 e. The van der Waals surface area contributed by atoms with E-state index in [0.717, 1.165) is 11.3 Å². The molecule has 0 aliphatic heterocycles. The van der Waals surface area contributed by atoms with Gasteiger partial charge in [-0.25, -0.2) is 23.1 Å². The van der Waals surface area contributed by atoms with Gasteiger partial charge in [0.2, 0.25) is 5.88 Å². The van der Waals surface area contributed by atoms with Gasteiger partial charge in [-0.15, -0.1) is 11.3 Å². The van der Waals surface area contributed by atoms with Crippen LogP contribution < -0.4 is 10.1 Å². The second-order valence-electron chi connectivity index (χ2n) is 6.20. The third kappa shape index (κ3) is 4.24. The third-order valence-electron chi connectivity index (χ3n) is 4.22. The fraction of sp³-hybridized carbons (Fsp3) is 0.0476. The van der Waals surface area contributed by atoms with E-state index in [0.29, 0.717) is 29.4 Å². The fourth-order valence-electron chi connectivity index (χ4n) is 2.84. The lowest BCUT2D eigenvalue weighted by atomic mass is 10.0. The molecule has 0 aliphatic carbocycles. The molecule has 0 atom stereocenters. The molecule has 1 amide bonds. The number of hydrogen-bond donors (Lipinski definition) is 1. The van der Waals surface area contributed by atoms with E-state index in [4.69, 9.17) is 4.74 Å². The SMILES string of the molecule is COc1cccc(-c2csc(NC(=O)c3cccnc3-c3c(F)cc(F)cc3F)n2)n1. The number of ether oxygens (including phenoxy) is 1. The summed E-state index contributed by atoms with van der Waals surface area (Å²) in [5.41, 5.74) is 0.131. The number of carbonyl (C=O) groups is 1. The summed E-state index contributed by atoms with van der Waals surface area (Å²) in [4.78, 5) is 25.3. The minimum absolute atomic E-state index is 0.0943. The molecule has 156 valence electrons. The van der Waals surface area contributed by atoms with Crippen molar-refractivity contribution in [2.75, 3.05) is 12.4 Å². The monoisotopic (exact) mass is 442 g/mol. The van der Waals surface area contributed by atoms with Crippen molar-refractivity contribution in [1.29, 1.82) is 0 Å². The van der Waals surface area contributed by atoms with E-state index in [9.17, 15) is 18.0 Å². The van der Waals surface area contributed by atoms with Gasteiger partial charge in [-0.1, -0.05) is 6.07 Å².